The van der Waals surface area contributed by atoms with Crippen molar-refractivity contribution >= 4 is 5.91 Å². The molecular weight excluding hydrogens is 259 g/mol. The maximum atomic E-state index is 12.7. The number of hydrogen-bond donors (Lipinski definition) is 2. The van der Waals surface area contributed by atoms with Crippen molar-refractivity contribution < 1.29 is 18.0 Å². The molecule has 2 aromatic rings. The lowest BCUT2D eigenvalue weighted by Gasteiger charge is -2.12. The molecule has 2 N–H and O–H groups in total. The van der Waals surface area contributed by atoms with E-state index in [1.54, 1.807) is 6.20 Å². The van der Waals surface area contributed by atoms with Gasteiger partial charge in [0.2, 0.25) is 0 Å². The Bertz CT molecular complexity index is 564. The highest BCUT2D eigenvalue weighted by Gasteiger charge is 2.34. The zero-order valence-corrected chi connectivity index (χ0v) is 9.66. The molecule has 1 aromatic heterocycles. The number of aromatic amines is 1. The number of carbonyl (C=O) groups excluding carboxylic acids is 1. The van der Waals surface area contributed by atoms with Crippen molar-refractivity contribution in [3.05, 3.63) is 53.3 Å². The van der Waals surface area contributed by atoms with E-state index in [1.807, 2.05) is 0 Å². The van der Waals surface area contributed by atoms with Crippen LogP contribution >= 0.6 is 0 Å². The number of carbonyl (C=O) groups is 1. The van der Waals surface area contributed by atoms with Gasteiger partial charge in [-0.2, -0.15) is 18.3 Å². The first kappa shape index (κ1) is 13.1. The van der Waals surface area contributed by atoms with Gasteiger partial charge in [0.1, 0.15) is 0 Å². The first-order valence-electron chi connectivity index (χ1n) is 5.40. The van der Waals surface area contributed by atoms with Crippen molar-refractivity contribution in [2.24, 2.45) is 0 Å². The lowest BCUT2D eigenvalue weighted by atomic mass is 10.1. The van der Waals surface area contributed by atoms with Crippen LogP contribution in [-0.4, -0.2) is 16.1 Å². The number of amides is 1. The fraction of sp³-hybridized carbons (Fsp3) is 0.167. The zero-order valence-electron chi connectivity index (χ0n) is 9.66. The topological polar surface area (TPSA) is 57.8 Å². The highest BCUT2D eigenvalue weighted by atomic mass is 19.4. The number of aromatic nitrogens is 2. The number of hydrogen-bond acceptors (Lipinski definition) is 2. The number of nitrogens with zero attached hydrogens (tertiary/aromatic N) is 1. The first-order chi connectivity index (χ1) is 8.98. The number of benzene rings is 1. The number of rotatable bonds is 3. The van der Waals surface area contributed by atoms with Gasteiger partial charge in [0.25, 0.3) is 5.91 Å². The fourth-order valence-electron chi connectivity index (χ4n) is 1.58. The van der Waals surface area contributed by atoms with Gasteiger partial charge in [-0.15, -0.1) is 0 Å². The molecule has 0 fully saturated rings. The van der Waals surface area contributed by atoms with Crippen LogP contribution in [0.5, 0.6) is 0 Å². The molecule has 0 spiro atoms. The summed E-state index contributed by atoms with van der Waals surface area (Å²) in [5.41, 5.74) is -0.656. The second kappa shape index (κ2) is 5.13. The van der Waals surface area contributed by atoms with Crippen LogP contribution in [0.3, 0.4) is 0 Å². The standard InChI is InChI=1S/C12H10F3N3O/c13-12(14,15)10-4-2-1-3-9(10)11(19)16-5-8-6-17-18-7-8/h1-4,6-7H,5H2,(H,16,19)(H,17,18). The van der Waals surface area contributed by atoms with Crippen LogP contribution in [-0.2, 0) is 12.7 Å². The average molecular weight is 269 g/mol. The molecule has 7 heteroatoms. The Morgan fingerprint density at radius 3 is 2.68 bits per heavy atom. The Balaban J connectivity index is 2.15. The molecule has 0 aliphatic carbocycles. The summed E-state index contributed by atoms with van der Waals surface area (Å²) in [7, 11) is 0. The maximum Gasteiger partial charge on any atom is 0.417 e. The minimum absolute atomic E-state index is 0.113. The van der Waals surface area contributed by atoms with Gasteiger partial charge in [-0.05, 0) is 12.1 Å². The van der Waals surface area contributed by atoms with Crippen molar-refractivity contribution in [3.63, 3.8) is 0 Å². The summed E-state index contributed by atoms with van der Waals surface area (Å²) < 4.78 is 38.2. The lowest BCUT2D eigenvalue weighted by molar-refractivity contribution is -0.137. The number of nitrogens with one attached hydrogen (secondary N) is 2. The van der Waals surface area contributed by atoms with Crippen LogP contribution in [0, 0.1) is 0 Å². The molecule has 2 rings (SSSR count). The van der Waals surface area contributed by atoms with E-state index in [2.05, 4.69) is 15.5 Å². The molecule has 1 aromatic carbocycles. The molecule has 4 nitrogen and oxygen atoms in total. The van der Waals surface area contributed by atoms with Gasteiger partial charge in [0.15, 0.2) is 0 Å². The SMILES string of the molecule is O=C(NCc1cn[nH]c1)c1ccccc1C(F)(F)F. The van der Waals surface area contributed by atoms with E-state index < -0.39 is 23.2 Å². The molecule has 19 heavy (non-hydrogen) atoms. The van der Waals surface area contributed by atoms with Crippen LogP contribution in [0.1, 0.15) is 21.5 Å². The highest BCUT2D eigenvalue weighted by Crippen LogP contribution is 2.31. The minimum atomic E-state index is -4.55. The fourth-order valence-corrected chi connectivity index (χ4v) is 1.58. The largest absolute Gasteiger partial charge is 0.417 e. The molecule has 0 unspecified atom stereocenters. The summed E-state index contributed by atoms with van der Waals surface area (Å²) in [4.78, 5) is 11.8. The smallest absolute Gasteiger partial charge is 0.348 e. The van der Waals surface area contributed by atoms with Crippen molar-refractivity contribution in [3.8, 4) is 0 Å². The normalized spacial score (nSPS) is 11.3. The van der Waals surface area contributed by atoms with Crippen LogP contribution in [0.15, 0.2) is 36.7 Å². The molecule has 100 valence electrons. The number of halogens is 3. The Morgan fingerprint density at radius 1 is 1.32 bits per heavy atom. The molecule has 0 atom stereocenters. The first-order valence-corrected chi connectivity index (χ1v) is 5.40. The van der Waals surface area contributed by atoms with Gasteiger partial charge in [-0.25, -0.2) is 0 Å². The quantitative estimate of drug-likeness (QED) is 0.898. The van der Waals surface area contributed by atoms with E-state index in [9.17, 15) is 18.0 Å². The van der Waals surface area contributed by atoms with Crippen molar-refractivity contribution in [1.29, 1.82) is 0 Å². The van der Waals surface area contributed by atoms with E-state index in [4.69, 9.17) is 0 Å². The summed E-state index contributed by atoms with van der Waals surface area (Å²) >= 11 is 0. The summed E-state index contributed by atoms with van der Waals surface area (Å²) in [6, 6.07) is 4.66. The third kappa shape index (κ3) is 3.12. The second-order valence-corrected chi connectivity index (χ2v) is 3.83. The maximum absolute atomic E-state index is 12.7. The van der Waals surface area contributed by atoms with Crippen LogP contribution < -0.4 is 5.32 Å². The van der Waals surface area contributed by atoms with Gasteiger partial charge < -0.3 is 5.32 Å². The van der Waals surface area contributed by atoms with Crippen LogP contribution in [0.25, 0.3) is 0 Å². The molecule has 0 aliphatic rings. The minimum Gasteiger partial charge on any atom is -0.348 e. The van der Waals surface area contributed by atoms with Gasteiger partial charge in [0.05, 0.1) is 17.3 Å². The number of alkyl halides is 3. The summed E-state index contributed by atoms with van der Waals surface area (Å²) in [6.45, 7) is 0.113. The van der Waals surface area contributed by atoms with E-state index >= 15 is 0 Å². The third-order valence-corrected chi connectivity index (χ3v) is 2.49. The van der Waals surface area contributed by atoms with Crippen LogP contribution in [0.4, 0.5) is 13.2 Å². The molecule has 0 aliphatic heterocycles. The molecule has 0 saturated carbocycles. The Kier molecular flexibility index (Phi) is 3.55. The van der Waals surface area contributed by atoms with Crippen molar-refractivity contribution in [1.82, 2.24) is 15.5 Å². The van der Waals surface area contributed by atoms with Crippen molar-refractivity contribution in [2.75, 3.05) is 0 Å². The molecule has 0 bridgehead atoms. The van der Waals surface area contributed by atoms with Gasteiger partial charge in [-0.1, -0.05) is 12.1 Å². The Labute approximate surface area is 106 Å². The summed E-state index contributed by atoms with van der Waals surface area (Å²) in [6.07, 6.45) is -1.52. The Hall–Kier alpha value is -2.31. The second-order valence-electron chi connectivity index (χ2n) is 3.83. The van der Waals surface area contributed by atoms with Crippen LogP contribution in [0.2, 0.25) is 0 Å². The molecule has 1 heterocycles. The van der Waals surface area contributed by atoms with Gasteiger partial charge in [-0.3, -0.25) is 9.89 Å². The third-order valence-electron chi connectivity index (χ3n) is 2.49. The zero-order chi connectivity index (χ0) is 13.9. The van der Waals surface area contributed by atoms with Gasteiger partial charge >= 0.3 is 6.18 Å². The predicted molar refractivity (Wildman–Crippen MR) is 61.2 cm³/mol. The van der Waals surface area contributed by atoms with Crippen molar-refractivity contribution in [2.45, 2.75) is 12.7 Å². The highest BCUT2D eigenvalue weighted by molar-refractivity contribution is 5.95. The molecule has 0 saturated heterocycles. The predicted octanol–water partition coefficient (Wildman–Crippen LogP) is 2.36. The number of H-pyrrole nitrogens is 1. The summed E-state index contributed by atoms with van der Waals surface area (Å²) in [5.74, 6) is -0.769. The summed E-state index contributed by atoms with van der Waals surface area (Å²) in [5, 5.41) is 8.64. The Morgan fingerprint density at radius 2 is 2.05 bits per heavy atom. The van der Waals surface area contributed by atoms with E-state index in [1.165, 1.54) is 18.3 Å². The van der Waals surface area contributed by atoms with E-state index in [0.29, 0.717) is 5.56 Å². The monoisotopic (exact) mass is 269 g/mol. The van der Waals surface area contributed by atoms with Gasteiger partial charge in [0, 0.05) is 18.3 Å². The van der Waals surface area contributed by atoms with E-state index in [-0.39, 0.29) is 6.54 Å². The molecule has 1 amide bonds. The average Bonchev–Trinajstić information content (AvgIpc) is 2.88. The van der Waals surface area contributed by atoms with E-state index in [0.717, 1.165) is 12.1 Å². The molecule has 0 radical (unpaired) electrons. The molecular formula is C12H10F3N3O. The lowest BCUT2D eigenvalue weighted by Crippen LogP contribution is -2.25.